The van der Waals surface area contributed by atoms with Crippen molar-refractivity contribution >= 4 is 29.9 Å². The minimum Gasteiger partial charge on any atom is -0.491 e. The molecule has 1 aliphatic carbocycles. The van der Waals surface area contributed by atoms with Crippen molar-refractivity contribution in [2.45, 2.75) is 51.7 Å². The van der Waals surface area contributed by atoms with E-state index in [-0.39, 0.29) is 42.9 Å². The summed E-state index contributed by atoms with van der Waals surface area (Å²) < 4.78 is 18.3. The van der Waals surface area contributed by atoms with E-state index in [1.54, 1.807) is 12.1 Å². The van der Waals surface area contributed by atoms with E-state index in [4.69, 9.17) is 4.74 Å². The van der Waals surface area contributed by atoms with Gasteiger partial charge in [-0.3, -0.25) is 4.99 Å². The summed E-state index contributed by atoms with van der Waals surface area (Å²) in [6, 6.07) is 6.19. The van der Waals surface area contributed by atoms with Gasteiger partial charge in [-0.05, 0) is 62.8 Å². The number of hydrogen-bond donors (Lipinski definition) is 3. The van der Waals surface area contributed by atoms with Crippen LogP contribution in [0.3, 0.4) is 0 Å². The molecule has 7 heteroatoms. The molecular formula is C19H31FIN3O2. The molecule has 0 spiro atoms. The van der Waals surface area contributed by atoms with Gasteiger partial charge in [-0.25, -0.2) is 4.39 Å². The summed E-state index contributed by atoms with van der Waals surface area (Å²) in [6.07, 6.45) is 4.08. The number of benzene rings is 1. The molecule has 0 bridgehead atoms. The predicted octanol–water partition coefficient (Wildman–Crippen LogP) is 3.32. The lowest BCUT2D eigenvalue weighted by atomic mass is 9.87. The Kier molecular flexibility index (Phi) is 10.9. The quantitative estimate of drug-likeness (QED) is 0.319. The third kappa shape index (κ3) is 8.53. The normalized spacial score (nSPS) is 21.5. The molecule has 1 aromatic rings. The van der Waals surface area contributed by atoms with Crippen molar-refractivity contribution in [2.24, 2.45) is 10.9 Å². The maximum atomic E-state index is 12.8. The van der Waals surface area contributed by atoms with Crippen LogP contribution in [0.1, 0.15) is 39.5 Å². The number of rotatable bonds is 7. The Morgan fingerprint density at radius 3 is 2.54 bits per heavy atom. The van der Waals surface area contributed by atoms with Gasteiger partial charge < -0.3 is 20.5 Å². The molecule has 0 aromatic heterocycles. The third-order valence-corrected chi connectivity index (χ3v) is 4.42. The van der Waals surface area contributed by atoms with Gasteiger partial charge in [-0.2, -0.15) is 0 Å². The molecule has 0 heterocycles. The van der Waals surface area contributed by atoms with Crippen LogP contribution in [0.2, 0.25) is 0 Å². The van der Waals surface area contributed by atoms with Gasteiger partial charge >= 0.3 is 0 Å². The van der Waals surface area contributed by atoms with Gasteiger partial charge in [0.25, 0.3) is 0 Å². The maximum absolute atomic E-state index is 12.8. The molecule has 1 atom stereocenters. The number of halogens is 2. The number of aliphatic hydroxyl groups excluding tert-OH is 1. The van der Waals surface area contributed by atoms with Crippen molar-refractivity contribution in [2.75, 3.05) is 19.7 Å². The Hall–Kier alpha value is -1.09. The fourth-order valence-corrected chi connectivity index (χ4v) is 2.89. The van der Waals surface area contributed by atoms with E-state index in [0.29, 0.717) is 11.8 Å². The lowest BCUT2D eigenvalue weighted by Gasteiger charge is -2.28. The Bertz CT molecular complexity index is 534. The second kappa shape index (κ2) is 12.3. The molecule has 0 radical (unpaired) electrons. The van der Waals surface area contributed by atoms with Crippen LogP contribution in [-0.4, -0.2) is 42.9 Å². The highest BCUT2D eigenvalue weighted by atomic mass is 127. The highest BCUT2D eigenvalue weighted by Crippen LogP contribution is 2.23. The van der Waals surface area contributed by atoms with E-state index in [9.17, 15) is 9.50 Å². The lowest BCUT2D eigenvalue weighted by molar-refractivity contribution is 0.114. The Morgan fingerprint density at radius 2 is 1.92 bits per heavy atom. The van der Waals surface area contributed by atoms with Gasteiger partial charge in [0.15, 0.2) is 5.96 Å². The Labute approximate surface area is 172 Å². The van der Waals surface area contributed by atoms with Crippen LogP contribution in [0.4, 0.5) is 4.39 Å². The summed E-state index contributed by atoms with van der Waals surface area (Å²) >= 11 is 0. The van der Waals surface area contributed by atoms with Crippen molar-refractivity contribution in [3.05, 3.63) is 30.1 Å². The van der Waals surface area contributed by atoms with Gasteiger partial charge in [0.2, 0.25) is 0 Å². The first-order valence-corrected chi connectivity index (χ1v) is 9.18. The fourth-order valence-electron chi connectivity index (χ4n) is 2.89. The number of aliphatic imine (C=N–C) groups is 1. The van der Waals surface area contributed by atoms with Crippen molar-refractivity contribution in [3.63, 3.8) is 0 Å². The molecule has 1 aromatic carbocycles. The summed E-state index contributed by atoms with van der Waals surface area (Å²) in [4.78, 5) is 4.46. The highest BCUT2D eigenvalue weighted by molar-refractivity contribution is 14.0. The van der Waals surface area contributed by atoms with E-state index < -0.39 is 6.10 Å². The summed E-state index contributed by atoms with van der Waals surface area (Å²) in [7, 11) is 0. The zero-order chi connectivity index (χ0) is 18.1. The zero-order valence-electron chi connectivity index (χ0n) is 15.6. The second-order valence-corrected chi connectivity index (χ2v) is 6.74. The monoisotopic (exact) mass is 479 g/mol. The van der Waals surface area contributed by atoms with Crippen LogP contribution < -0.4 is 15.4 Å². The number of nitrogens with one attached hydrogen (secondary N) is 2. The molecule has 1 fully saturated rings. The van der Waals surface area contributed by atoms with Crippen LogP contribution in [-0.2, 0) is 0 Å². The SMILES string of the molecule is CCNC(=NCC(O)COc1ccc(F)cc1)NC1CCC(C)CC1.I. The number of nitrogens with zero attached hydrogens (tertiary/aromatic N) is 1. The molecule has 0 amide bonds. The average Bonchev–Trinajstić information content (AvgIpc) is 2.61. The third-order valence-electron chi connectivity index (χ3n) is 4.42. The fraction of sp³-hybridized carbons (Fsp3) is 0.632. The molecule has 1 unspecified atom stereocenters. The zero-order valence-corrected chi connectivity index (χ0v) is 17.9. The van der Waals surface area contributed by atoms with Gasteiger partial charge in [0.1, 0.15) is 24.3 Å². The van der Waals surface area contributed by atoms with Crippen molar-refractivity contribution < 1.29 is 14.2 Å². The molecule has 5 nitrogen and oxygen atoms in total. The van der Waals surface area contributed by atoms with E-state index >= 15 is 0 Å². The van der Waals surface area contributed by atoms with E-state index in [1.165, 1.54) is 25.0 Å². The highest BCUT2D eigenvalue weighted by Gasteiger charge is 2.19. The molecule has 148 valence electrons. The summed E-state index contributed by atoms with van der Waals surface area (Å²) in [6.45, 7) is 5.47. The summed E-state index contributed by atoms with van der Waals surface area (Å²) in [5.41, 5.74) is 0. The minimum absolute atomic E-state index is 0. The molecular weight excluding hydrogens is 448 g/mol. The number of aliphatic hydroxyl groups is 1. The smallest absolute Gasteiger partial charge is 0.191 e. The first kappa shape index (κ1) is 23.0. The van der Waals surface area contributed by atoms with E-state index in [2.05, 4.69) is 22.5 Å². The standard InChI is InChI=1S/C19H30FN3O2.HI/c1-3-21-19(23-16-8-4-14(2)5-9-16)22-12-17(24)13-25-18-10-6-15(20)7-11-18;/h6-7,10-11,14,16-17,24H,3-5,8-9,12-13H2,1-2H3,(H2,21,22,23);1H. The van der Waals surface area contributed by atoms with Crippen molar-refractivity contribution in [1.29, 1.82) is 0 Å². The number of ether oxygens (including phenoxy) is 1. The molecule has 1 saturated carbocycles. The average molecular weight is 479 g/mol. The van der Waals surface area contributed by atoms with Crippen LogP contribution >= 0.6 is 24.0 Å². The van der Waals surface area contributed by atoms with Crippen LogP contribution in [0.5, 0.6) is 5.75 Å². The second-order valence-electron chi connectivity index (χ2n) is 6.74. The topological polar surface area (TPSA) is 65.9 Å². The number of hydrogen-bond acceptors (Lipinski definition) is 3. The van der Waals surface area contributed by atoms with E-state index in [1.807, 2.05) is 6.92 Å². The van der Waals surface area contributed by atoms with Crippen molar-refractivity contribution in [3.8, 4) is 5.75 Å². The van der Waals surface area contributed by atoms with Gasteiger partial charge in [0.05, 0.1) is 6.54 Å². The van der Waals surface area contributed by atoms with Crippen LogP contribution in [0.15, 0.2) is 29.3 Å². The first-order chi connectivity index (χ1) is 12.1. The van der Waals surface area contributed by atoms with E-state index in [0.717, 1.165) is 31.3 Å². The molecule has 0 saturated heterocycles. The lowest BCUT2D eigenvalue weighted by Crippen LogP contribution is -2.45. The first-order valence-electron chi connectivity index (χ1n) is 9.18. The van der Waals surface area contributed by atoms with Crippen LogP contribution in [0, 0.1) is 11.7 Å². The summed E-state index contributed by atoms with van der Waals surface area (Å²) in [5.74, 6) is 1.77. The van der Waals surface area contributed by atoms with Gasteiger partial charge in [0, 0.05) is 12.6 Å². The minimum atomic E-state index is -0.716. The molecule has 0 aliphatic heterocycles. The van der Waals surface area contributed by atoms with Gasteiger partial charge in [-0.15, -0.1) is 24.0 Å². The summed E-state index contributed by atoms with van der Waals surface area (Å²) in [5, 5.41) is 16.7. The molecule has 2 rings (SSSR count). The Morgan fingerprint density at radius 1 is 1.27 bits per heavy atom. The van der Waals surface area contributed by atoms with Crippen molar-refractivity contribution in [1.82, 2.24) is 10.6 Å². The van der Waals surface area contributed by atoms with Crippen LogP contribution in [0.25, 0.3) is 0 Å². The number of guanidine groups is 1. The Balaban J connectivity index is 0.00000338. The molecule has 1 aliphatic rings. The largest absolute Gasteiger partial charge is 0.491 e. The predicted molar refractivity (Wildman–Crippen MR) is 114 cm³/mol. The van der Waals surface area contributed by atoms with Gasteiger partial charge in [-0.1, -0.05) is 6.92 Å². The maximum Gasteiger partial charge on any atom is 0.191 e. The molecule has 3 N–H and O–H groups in total. The molecule has 26 heavy (non-hydrogen) atoms.